The molecule has 0 aromatic rings. The zero-order chi connectivity index (χ0) is 20.0. The van der Waals surface area contributed by atoms with Crippen LogP contribution in [0.4, 0.5) is 0 Å². The standard InChI is InChI=1S/C15H26O12/c1-14(22-2)23-4-7-11(26-14)9(19)10(20)13(24-7)27-15(5-17)12(21)8(18)6(3-16)25-15/h6-13,16-21H,3-5H2,1-2H3. The molecule has 0 radical (unpaired) electrons. The van der Waals surface area contributed by atoms with Crippen LogP contribution in [0.5, 0.6) is 0 Å². The maximum absolute atomic E-state index is 10.4. The molecule has 3 aliphatic rings. The summed E-state index contributed by atoms with van der Waals surface area (Å²) in [6.45, 7) is -0.115. The molecule has 0 aromatic carbocycles. The topological polar surface area (TPSA) is 177 Å². The van der Waals surface area contributed by atoms with Crippen molar-refractivity contribution in [1.29, 1.82) is 0 Å². The second kappa shape index (κ2) is 7.74. The maximum atomic E-state index is 10.4. The highest BCUT2D eigenvalue weighted by atomic mass is 16.9. The normalized spacial score (nSPS) is 53.3. The molecule has 6 N–H and O–H groups in total. The largest absolute Gasteiger partial charge is 0.394 e. The smallest absolute Gasteiger partial charge is 0.280 e. The quantitative estimate of drug-likeness (QED) is 0.265. The second-order valence-corrected chi connectivity index (χ2v) is 6.85. The Bertz CT molecular complexity index is 519. The fourth-order valence-electron chi connectivity index (χ4n) is 3.37. The molecule has 0 aliphatic carbocycles. The van der Waals surface area contributed by atoms with E-state index >= 15 is 0 Å². The van der Waals surface area contributed by atoms with Crippen molar-refractivity contribution in [2.45, 2.75) is 67.7 Å². The van der Waals surface area contributed by atoms with Crippen molar-refractivity contribution in [1.82, 2.24) is 0 Å². The molecule has 3 heterocycles. The number of fused-ring (bicyclic) bond motifs is 1. The van der Waals surface area contributed by atoms with Gasteiger partial charge in [-0.25, -0.2) is 0 Å². The molecule has 3 rings (SSSR count). The number of methoxy groups -OCH3 is 1. The van der Waals surface area contributed by atoms with Gasteiger partial charge >= 0.3 is 0 Å². The average molecular weight is 398 g/mol. The summed E-state index contributed by atoms with van der Waals surface area (Å²) in [5.41, 5.74) is 0. The van der Waals surface area contributed by atoms with Gasteiger partial charge in [0, 0.05) is 14.0 Å². The monoisotopic (exact) mass is 398 g/mol. The molecule has 27 heavy (non-hydrogen) atoms. The van der Waals surface area contributed by atoms with E-state index < -0.39 is 74.0 Å². The number of hydrogen-bond donors (Lipinski definition) is 6. The predicted molar refractivity (Wildman–Crippen MR) is 81.8 cm³/mol. The summed E-state index contributed by atoms with van der Waals surface area (Å²) in [4.78, 5) is 0. The third-order valence-electron chi connectivity index (χ3n) is 5.09. The van der Waals surface area contributed by atoms with Crippen LogP contribution in [0.2, 0.25) is 0 Å². The lowest BCUT2D eigenvalue weighted by Crippen LogP contribution is -2.67. The molecule has 158 valence electrons. The van der Waals surface area contributed by atoms with Crippen molar-refractivity contribution in [3.05, 3.63) is 0 Å². The van der Waals surface area contributed by atoms with E-state index in [0.717, 1.165) is 0 Å². The van der Waals surface area contributed by atoms with Crippen LogP contribution in [-0.2, 0) is 28.4 Å². The lowest BCUT2D eigenvalue weighted by molar-refractivity contribution is -0.459. The van der Waals surface area contributed by atoms with Crippen LogP contribution in [0.3, 0.4) is 0 Å². The van der Waals surface area contributed by atoms with Crippen LogP contribution < -0.4 is 0 Å². The van der Waals surface area contributed by atoms with Crippen LogP contribution in [-0.4, -0.2) is 118 Å². The molecular weight excluding hydrogens is 372 g/mol. The van der Waals surface area contributed by atoms with Gasteiger partial charge in [-0.1, -0.05) is 0 Å². The van der Waals surface area contributed by atoms with E-state index in [1.807, 2.05) is 0 Å². The molecule has 10 atom stereocenters. The Morgan fingerprint density at radius 2 is 1.74 bits per heavy atom. The Hall–Kier alpha value is -0.480. The molecule has 0 aromatic heterocycles. The molecule has 3 aliphatic heterocycles. The zero-order valence-corrected chi connectivity index (χ0v) is 14.9. The Balaban J connectivity index is 1.75. The van der Waals surface area contributed by atoms with Gasteiger partial charge in [-0.05, 0) is 0 Å². The van der Waals surface area contributed by atoms with Crippen LogP contribution in [0.25, 0.3) is 0 Å². The summed E-state index contributed by atoms with van der Waals surface area (Å²) in [5.74, 6) is -3.59. The SMILES string of the molecule is COC1(C)OCC2OC(OC3(CO)OC(CO)C(O)C3O)C(O)C(O)C2O1. The van der Waals surface area contributed by atoms with Gasteiger partial charge < -0.3 is 59.1 Å². The minimum absolute atomic E-state index is 0.0595. The third-order valence-corrected chi connectivity index (χ3v) is 5.09. The first-order valence-corrected chi connectivity index (χ1v) is 8.52. The van der Waals surface area contributed by atoms with Crippen molar-refractivity contribution < 1.29 is 59.1 Å². The van der Waals surface area contributed by atoms with E-state index in [4.69, 9.17) is 28.4 Å². The number of ether oxygens (including phenoxy) is 6. The minimum Gasteiger partial charge on any atom is -0.394 e. The Kier molecular flexibility index (Phi) is 6.09. The van der Waals surface area contributed by atoms with Crippen LogP contribution >= 0.6 is 0 Å². The fourth-order valence-corrected chi connectivity index (χ4v) is 3.37. The molecule has 0 bridgehead atoms. The van der Waals surface area contributed by atoms with Crippen molar-refractivity contribution in [3.63, 3.8) is 0 Å². The molecule has 12 nitrogen and oxygen atoms in total. The highest BCUT2D eigenvalue weighted by molar-refractivity contribution is 4.99. The Morgan fingerprint density at radius 1 is 1.04 bits per heavy atom. The number of aliphatic hydroxyl groups excluding tert-OH is 6. The predicted octanol–water partition coefficient (Wildman–Crippen LogP) is -4.01. The van der Waals surface area contributed by atoms with E-state index in [1.165, 1.54) is 14.0 Å². The average Bonchev–Trinajstić information content (AvgIpc) is 2.91. The molecule has 10 unspecified atom stereocenters. The molecule has 0 spiro atoms. The Morgan fingerprint density at radius 3 is 2.30 bits per heavy atom. The van der Waals surface area contributed by atoms with Gasteiger partial charge in [0.2, 0.25) is 5.79 Å². The Labute approximate surface area is 154 Å². The number of rotatable bonds is 5. The first kappa shape index (κ1) is 21.2. The molecule has 0 saturated carbocycles. The minimum atomic E-state index is -2.16. The van der Waals surface area contributed by atoms with E-state index in [0.29, 0.717) is 0 Å². The van der Waals surface area contributed by atoms with E-state index in [2.05, 4.69) is 0 Å². The lowest BCUT2D eigenvalue weighted by atomic mass is 9.97. The summed E-state index contributed by atoms with van der Waals surface area (Å²) in [5, 5.41) is 59.8. The van der Waals surface area contributed by atoms with E-state index in [-0.39, 0.29) is 6.61 Å². The van der Waals surface area contributed by atoms with E-state index in [9.17, 15) is 30.6 Å². The van der Waals surface area contributed by atoms with Crippen LogP contribution in [0.15, 0.2) is 0 Å². The number of hydrogen-bond acceptors (Lipinski definition) is 12. The van der Waals surface area contributed by atoms with Gasteiger partial charge in [-0.3, -0.25) is 0 Å². The zero-order valence-electron chi connectivity index (χ0n) is 14.9. The number of aliphatic hydroxyl groups is 6. The van der Waals surface area contributed by atoms with Gasteiger partial charge in [-0.2, -0.15) is 0 Å². The first-order valence-electron chi connectivity index (χ1n) is 8.52. The van der Waals surface area contributed by atoms with Gasteiger partial charge in [0.05, 0.1) is 13.2 Å². The van der Waals surface area contributed by atoms with Gasteiger partial charge in [0.15, 0.2) is 6.29 Å². The van der Waals surface area contributed by atoms with Gasteiger partial charge in [-0.15, -0.1) is 0 Å². The molecule has 0 amide bonds. The van der Waals surface area contributed by atoms with E-state index in [1.54, 1.807) is 0 Å². The summed E-state index contributed by atoms with van der Waals surface area (Å²) < 4.78 is 32.3. The highest BCUT2D eigenvalue weighted by Crippen LogP contribution is 2.38. The summed E-state index contributed by atoms with van der Waals surface area (Å²) >= 11 is 0. The first-order chi connectivity index (χ1) is 12.7. The van der Waals surface area contributed by atoms with Crippen molar-refractivity contribution in [2.75, 3.05) is 26.9 Å². The summed E-state index contributed by atoms with van der Waals surface area (Å²) in [6, 6.07) is 0. The highest BCUT2D eigenvalue weighted by Gasteiger charge is 2.59. The van der Waals surface area contributed by atoms with Crippen LogP contribution in [0.1, 0.15) is 6.92 Å². The molecule has 3 saturated heterocycles. The van der Waals surface area contributed by atoms with Crippen molar-refractivity contribution in [2.24, 2.45) is 0 Å². The maximum Gasteiger partial charge on any atom is 0.280 e. The lowest BCUT2D eigenvalue weighted by Gasteiger charge is -2.49. The summed E-state index contributed by atoms with van der Waals surface area (Å²) in [7, 11) is 1.35. The van der Waals surface area contributed by atoms with Gasteiger partial charge in [0.25, 0.3) is 5.97 Å². The van der Waals surface area contributed by atoms with Crippen molar-refractivity contribution >= 4 is 0 Å². The van der Waals surface area contributed by atoms with Gasteiger partial charge in [0.1, 0.15) is 49.3 Å². The van der Waals surface area contributed by atoms with Crippen molar-refractivity contribution in [3.8, 4) is 0 Å². The summed E-state index contributed by atoms with van der Waals surface area (Å²) in [6.07, 6.45) is -11.0. The molecular formula is C15H26O12. The molecule has 12 heteroatoms. The second-order valence-electron chi connectivity index (χ2n) is 6.85. The molecule has 3 fully saturated rings. The third kappa shape index (κ3) is 3.61. The fraction of sp³-hybridized carbons (Fsp3) is 1.00. The van der Waals surface area contributed by atoms with Crippen LogP contribution in [0, 0.1) is 0 Å².